The van der Waals surface area contributed by atoms with E-state index in [1.807, 2.05) is 18.2 Å². The molecule has 2 atom stereocenters. The van der Waals surface area contributed by atoms with Crippen LogP contribution in [-0.4, -0.2) is 21.5 Å². The summed E-state index contributed by atoms with van der Waals surface area (Å²) in [6.07, 6.45) is -0.386. The summed E-state index contributed by atoms with van der Waals surface area (Å²) >= 11 is 12.8. The molecule has 0 N–H and O–H groups in total. The van der Waals surface area contributed by atoms with Crippen molar-refractivity contribution in [3.8, 4) is 0 Å². The van der Waals surface area contributed by atoms with Gasteiger partial charge in [0.25, 0.3) is 0 Å². The van der Waals surface area contributed by atoms with Crippen molar-refractivity contribution in [2.45, 2.75) is 65.0 Å². The maximum absolute atomic E-state index is 6.68. The average molecular weight is 377 g/mol. The fraction of sp³-hybridized carbons (Fsp3) is 0.667. The monoisotopic (exact) mass is 376 g/mol. The van der Waals surface area contributed by atoms with E-state index in [0.717, 1.165) is 5.56 Å². The standard InChI is InChI=1S/C18H30Cl2O2Si/c1-12(2)16(22-23(7,8)18(3,4)5)17(21-6)15-13(19)10-9-11-14(15)20/h9-12,16-17H,1-8H3. The molecule has 1 rings (SSSR count). The molecule has 0 amide bonds. The highest BCUT2D eigenvalue weighted by atomic mass is 35.5. The van der Waals surface area contributed by atoms with Crippen LogP contribution >= 0.6 is 23.2 Å². The van der Waals surface area contributed by atoms with Crippen molar-refractivity contribution >= 4 is 31.5 Å². The molecule has 2 unspecified atom stereocenters. The zero-order chi connectivity index (χ0) is 18.0. The molecule has 0 radical (unpaired) electrons. The van der Waals surface area contributed by atoms with Gasteiger partial charge < -0.3 is 9.16 Å². The van der Waals surface area contributed by atoms with E-state index < -0.39 is 8.32 Å². The van der Waals surface area contributed by atoms with Gasteiger partial charge in [-0.25, -0.2) is 0 Å². The van der Waals surface area contributed by atoms with Gasteiger partial charge in [-0.3, -0.25) is 0 Å². The lowest BCUT2D eigenvalue weighted by atomic mass is 9.96. The number of methoxy groups -OCH3 is 1. The maximum atomic E-state index is 6.68. The Bertz CT molecular complexity index is 504. The highest BCUT2D eigenvalue weighted by molar-refractivity contribution is 6.74. The van der Waals surface area contributed by atoms with E-state index in [0.29, 0.717) is 10.0 Å². The van der Waals surface area contributed by atoms with Gasteiger partial charge in [-0.2, -0.15) is 0 Å². The Kier molecular flexibility index (Phi) is 7.19. The minimum absolute atomic E-state index is 0.0988. The van der Waals surface area contributed by atoms with Crippen LogP contribution in [0.1, 0.15) is 46.3 Å². The van der Waals surface area contributed by atoms with Crippen LogP contribution in [0.4, 0.5) is 0 Å². The fourth-order valence-corrected chi connectivity index (χ4v) is 4.31. The van der Waals surface area contributed by atoms with Gasteiger partial charge in [0, 0.05) is 22.7 Å². The second kappa shape index (κ2) is 7.88. The van der Waals surface area contributed by atoms with Gasteiger partial charge in [0.1, 0.15) is 6.10 Å². The molecule has 1 aromatic carbocycles. The Morgan fingerprint density at radius 2 is 1.52 bits per heavy atom. The largest absolute Gasteiger partial charge is 0.411 e. The summed E-state index contributed by atoms with van der Waals surface area (Å²) in [5.41, 5.74) is 0.816. The quantitative estimate of drug-likeness (QED) is 0.512. The number of benzene rings is 1. The summed E-state index contributed by atoms with van der Waals surface area (Å²) in [6, 6.07) is 5.54. The molecule has 0 aromatic heterocycles. The molecule has 0 heterocycles. The maximum Gasteiger partial charge on any atom is 0.192 e. The number of halogens is 2. The van der Waals surface area contributed by atoms with Crippen molar-refractivity contribution in [2.24, 2.45) is 5.92 Å². The summed E-state index contributed by atoms with van der Waals surface area (Å²) in [7, 11) is -0.254. The van der Waals surface area contributed by atoms with Gasteiger partial charge in [0.15, 0.2) is 8.32 Å². The lowest BCUT2D eigenvalue weighted by molar-refractivity contribution is -0.0284. The van der Waals surface area contributed by atoms with Gasteiger partial charge in [-0.1, -0.05) is 63.9 Å². The lowest BCUT2D eigenvalue weighted by Crippen LogP contribution is -2.47. The van der Waals surface area contributed by atoms with E-state index in [9.17, 15) is 0 Å². The van der Waals surface area contributed by atoms with Crippen LogP contribution in [0.15, 0.2) is 18.2 Å². The fourth-order valence-electron chi connectivity index (χ4n) is 2.26. The summed E-state index contributed by atoms with van der Waals surface area (Å²) in [6.45, 7) is 15.5. The number of hydrogen-bond acceptors (Lipinski definition) is 2. The minimum Gasteiger partial charge on any atom is -0.411 e. The molecule has 2 nitrogen and oxygen atoms in total. The molecular formula is C18H30Cl2O2Si. The molecule has 0 aliphatic heterocycles. The third-order valence-corrected chi connectivity index (χ3v) is 9.86. The Labute approximate surface area is 152 Å². The van der Waals surface area contributed by atoms with Gasteiger partial charge in [0.2, 0.25) is 0 Å². The molecule has 0 aliphatic rings. The van der Waals surface area contributed by atoms with E-state index >= 15 is 0 Å². The molecule has 0 fully saturated rings. The van der Waals surface area contributed by atoms with Crippen molar-refractivity contribution in [3.63, 3.8) is 0 Å². The summed E-state index contributed by atoms with van der Waals surface area (Å²) in [4.78, 5) is 0. The van der Waals surface area contributed by atoms with Gasteiger partial charge in [-0.05, 0) is 36.2 Å². The molecule has 132 valence electrons. The van der Waals surface area contributed by atoms with Gasteiger partial charge in [0.05, 0.1) is 6.10 Å². The molecule has 5 heteroatoms. The Morgan fingerprint density at radius 3 is 1.87 bits per heavy atom. The highest BCUT2D eigenvalue weighted by Gasteiger charge is 2.42. The molecule has 0 spiro atoms. The van der Waals surface area contributed by atoms with E-state index in [4.69, 9.17) is 32.4 Å². The first-order valence-electron chi connectivity index (χ1n) is 8.07. The first kappa shape index (κ1) is 21.0. The van der Waals surface area contributed by atoms with Crippen molar-refractivity contribution in [3.05, 3.63) is 33.8 Å². The van der Waals surface area contributed by atoms with Crippen molar-refractivity contribution in [1.82, 2.24) is 0 Å². The van der Waals surface area contributed by atoms with Gasteiger partial charge >= 0.3 is 0 Å². The highest BCUT2D eigenvalue weighted by Crippen LogP contribution is 2.43. The predicted octanol–water partition coefficient (Wildman–Crippen LogP) is 6.73. The SMILES string of the molecule is COC(c1c(Cl)cccc1Cl)C(O[Si](C)(C)C(C)(C)C)C(C)C. The number of rotatable bonds is 6. The zero-order valence-electron chi connectivity index (χ0n) is 15.5. The van der Waals surface area contributed by atoms with Crippen LogP contribution in [0, 0.1) is 5.92 Å². The minimum atomic E-state index is -1.94. The average Bonchev–Trinajstić information content (AvgIpc) is 2.39. The number of ether oxygens (including phenoxy) is 1. The first-order chi connectivity index (χ1) is 10.4. The van der Waals surface area contributed by atoms with E-state index in [1.165, 1.54) is 0 Å². The second-order valence-corrected chi connectivity index (χ2v) is 13.4. The lowest BCUT2D eigenvalue weighted by Gasteiger charge is -2.42. The zero-order valence-corrected chi connectivity index (χ0v) is 18.0. The summed E-state index contributed by atoms with van der Waals surface area (Å²) in [5.74, 6) is 0.279. The third kappa shape index (κ3) is 4.96. The molecule has 1 aromatic rings. The van der Waals surface area contributed by atoms with Crippen LogP contribution in [-0.2, 0) is 9.16 Å². The molecular weight excluding hydrogens is 347 g/mol. The van der Waals surface area contributed by atoms with E-state index in [2.05, 4.69) is 47.7 Å². The second-order valence-electron chi connectivity index (χ2n) is 7.88. The normalized spacial score (nSPS) is 15.8. The molecule has 0 aliphatic carbocycles. The van der Waals surface area contributed by atoms with Crippen LogP contribution < -0.4 is 0 Å². The van der Waals surface area contributed by atoms with Crippen molar-refractivity contribution in [1.29, 1.82) is 0 Å². The van der Waals surface area contributed by atoms with Gasteiger partial charge in [-0.15, -0.1) is 0 Å². The molecule has 0 saturated carbocycles. The van der Waals surface area contributed by atoms with Crippen molar-refractivity contribution < 1.29 is 9.16 Å². The van der Waals surface area contributed by atoms with E-state index in [1.54, 1.807) is 7.11 Å². The molecule has 0 bridgehead atoms. The topological polar surface area (TPSA) is 18.5 Å². The van der Waals surface area contributed by atoms with Crippen LogP contribution in [0.3, 0.4) is 0 Å². The Balaban J connectivity index is 3.27. The predicted molar refractivity (Wildman–Crippen MR) is 103 cm³/mol. The van der Waals surface area contributed by atoms with Crippen LogP contribution in [0.2, 0.25) is 28.2 Å². The van der Waals surface area contributed by atoms with Crippen LogP contribution in [0.5, 0.6) is 0 Å². The number of hydrogen-bond donors (Lipinski definition) is 0. The summed E-state index contributed by atoms with van der Waals surface area (Å²) in [5, 5.41) is 1.37. The third-order valence-electron chi connectivity index (χ3n) is 4.73. The van der Waals surface area contributed by atoms with Crippen LogP contribution in [0.25, 0.3) is 0 Å². The molecule has 23 heavy (non-hydrogen) atoms. The molecule has 0 saturated heterocycles. The Hall–Kier alpha value is -0.0631. The first-order valence-corrected chi connectivity index (χ1v) is 11.7. The summed E-state index contributed by atoms with van der Waals surface area (Å²) < 4.78 is 12.5. The smallest absolute Gasteiger partial charge is 0.192 e. The van der Waals surface area contributed by atoms with E-state index in [-0.39, 0.29) is 23.2 Å². The van der Waals surface area contributed by atoms with Crippen molar-refractivity contribution in [2.75, 3.05) is 7.11 Å². The Morgan fingerprint density at radius 1 is 1.04 bits per heavy atom.